The van der Waals surface area contributed by atoms with Gasteiger partial charge in [-0.1, -0.05) is 20.8 Å². The van der Waals surface area contributed by atoms with Gasteiger partial charge in [0.25, 0.3) is 11.5 Å². The van der Waals surface area contributed by atoms with Gasteiger partial charge in [0, 0.05) is 34.8 Å². The van der Waals surface area contributed by atoms with Crippen LogP contribution in [-0.4, -0.2) is 27.4 Å². The van der Waals surface area contributed by atoms with E-state index >= 15 is 0 Å². The number of aromatic amines is 2. The maximum absolute atomic E-state index is 12.4. The smallest absolute Gasteiger partial charge is 0.263 e. The minimum Gasteiger partial charge on any atom is -0.358 e. The molecule has 3 N–H and O–H groups in total. The van der Waals surface area contributed by atoms with E-state index in [2.05, 4.69) is 26.3 Å². The van der Waals surface area contributed by atoms with Gasteiger partial charge in [0.1, 0.15) is 11.4 Å². The Kier molecular flexibility index (Phi) is 5.06. The molecular formula is C21H23N5O2. The zero-order chi connectivity index (χ0) is 20.5. The molecule has 0 atom stereocenters. The average Bonchev–Trinajstić information content (AvgIpc) is 2.95. The number of benzene rings is 1. The lowest BCUT2D eigenvalue weighted by Gasteiger charge is -2.16. The van der Waals surface area contributed by atoms with Gasteiger partial charge in [0.2, 0.25) is 0 Å². The maximum Gasteiger partial charge on any atom is 0.263 e. The van der Waals surface area contributed by atoms with Crippen LogP contribution in [0, 0.1) is 18.3 Å². The highest BCUT2D eigenvalue weighted by atomic mass is 16.2. The highest BCUT2D eigenvalue weighted by molar-refractivity contribution is 5.93. The molecule has 3 rings (SSSR count). The van der Waals surface area contributed by atoms with Gasteiger partial charge in [0.05, 0.1) is 11.6 Å². The Balaban J connectivity index is 1.73. The molecule has 0 spiro atoms. The number of fused-ring (bicyclic) bond motifs is 1. The first-order chi connectivity index (χ1) is 13.2. The van der Waals surface area contributed by atoms with Crippen LogP contribution in [0.3, 0.4) is 0 Å². The van der Waals surface area contributed by atoms with Crippen LogP contribution in [0.15, 0.2) is 29.2 Å². The molecule has 0 aliphatic heterocycles. The Morgan fingerprint density at radius 2 is 2.04 bits per heavy atom. The number of nitriles is 1. The van der Waals surface area contributed by atoms with E-state index < -0.39 is 11.5 Å². The normalized spacial score (nSPS) is 11.4. The molecule has 0 saturated carbocycles. The molecule has 1 amide bonds. The van der Waals surface area contributed by atoms with Gasteiger partial charge in [-0.3, -0.25) is 9.59 Å². The summed E-state index contributed by atoms with van der Waals surface area (Å²) in [4.78, 5) is 34.8. The Bertz CT molecular complexity index is 1140. The number of H-pyrrole nitrogens is 2. The Hall–Kier alpha value is -3.40. The summed E-state index contributed by atoms with van der Waals surface area (Å²) in [6.45, 7) is 8.14. The quantitative estimate of drug-likeness (QED) is 0.648. The van der Waals surface area contributed by atoms with E-state index in [9.17, 15) is 9.59 Å². The van der Waals surface area contributed by atoms with Gasteiger partial charge in [-0.2, -0.15) is 5.26 Å². The van der Waals surface area contributed by atoms with Gasteiger partial charge in [-0.25, -0.2) is 4.98 Å². The van der Waals surface area contributed by atoms with Crippen molar-refractivity contribution in [3.63, 3.8) is 0 Å². The van der Waals surface area contributed by atoms with Gasteiger partial charge < -0.3 is 15.3 Å². The van der Waals surface area contributed by atoms with Crippen molar-refractivity contribution in [2.45, 2.75) is 39.5 Å². The largest absolute Gasteiger partial charge is 0.358 e. The van der Waals surface area contributed by atoms with E-state index in [1.807, 2.05) is 39.8 Å². The van der Waals surface area contributed by atoms with Crippen LogP contribution in [0.5, 0.6) is 0 Å². The van der Waals surface area contributed by atoms with Crippen molar-refractivity contribution < 1.29 is 4.79 Å². The zero-order valence-electron chi connectivity index (χ0n) is 16.4. The number of amides is 1. The first-order valence-corrected chi connectivity index (χ1v) is 9.10. The second kappa shape index (κ2) is 7.31. The number of nitrogens with zero attached hydrogens (tertiary/aromatic N) is 2. The molecular weight excluding hydrogens is 354 g/mol. The van der Waals surface area contributed by atoms with Gasteiger partial charge in [-0.15, -0.1) is 0 Å². The molecule has 2 heterocycles. The number of nitrogens with one attached hydrogen (secondary N) is 3. The van der Waals surface area contributed by atoms with Crippen LogP contribution in [-0.2, 0) is 11.8 Å². The summed E-state index contributed by atoms with van der Waals surface area (Å²) in [5, 5.41) is 12.9. The number of hydrogen-bond acceptors (Lipinski definition) is 4. The van der Waals surface area contributed by atoms with Crippen LogP contribution in [0.25, 0.3) is 10.9 Å². The summed E-state index contributed by atoms with van der Waals surface area (Å²) in [5.41, 5.74) is 2.83. The standard InChI is InChI=1S/C21H23N5O2/c1-12-14(15-9-13(10-22)5-6-17(15)25-12)7-8-23-18(27)16-11-24-20(21(2,3)4)26-19(16)28/h5-6,9,11,25H,7-8H2,1-4H3,(H,23,27)(H,24,26,28). The van der Waals surface area contributed by atoms with E-state index in [4.69, 9.17) is 5.26 Å². The van der Waals surface area contributed by atoms with Crippen molar-refractivity contribution in [1.29, 1.82) is 5.26 Å². The number of aromatic nitrogens is 3. The van der Waals surface area contributed by atoms with Crippen LogP contribution < -0.4 is 10.9 Å². The second-order valence-electron chi connectivity index (χ2n) is 7.83. The first kappa shape index (κ1) is 19.4. The number of carbonyl (C=O) groups is 1. The molecule has 7 heteroatoms. The Labute approximate surface area is 162 Å². The van der Waals surface area contributed by atoms with Crippen LogP contribution in [0.4, 0.5) is 0 Å². The molecule has 0 radical (unpaired) electrons. The predicted molar refractivity (Wildman–Crippen MR) is 107 cm³/mol. The molecule has 7 nitrogen and oxygen atoms in total. The Morgan fingerprint density at radius 1 is 1.29 bits per heavy atom. The van der Waals surface area contributed by atoms with E-state index in [0.29, 0.717) is 24.4 Å². The van der Waals surface area contributed by atoms with Crippen molar-refractivity contribution in [1.82, 2.24) is 20.3 Å². The maximum atomic E-state index is 12.4. The first-order valence-electron chi connectivity index (χ1n) is 9.10. The molecule has 3 aromatic rings. The van der Waals surface area contributed by atoms with Crippen LogP contribution in [0.1, 0.15) is 53.8 Å². The molecule has 0 bridgehead atoms. The van der Waals surface area contributed by atoms with Crippen molar-refractivity contribution in [3.05, 3.63) is 63.0 Å². The fourth-order valence-electron chi connectivity index (χ4n) is 3.11. The molecule has 144 valence electrons. The SMILES string of the molecule is Cc1[nH]c2ccc(C#N)cc2c1CCNC(=O)c1cnc(C(C)(C)C)[nH]c1=O. The third-order valence-corrected chi connectivity index (χ3v) is 4.66. The average molecular weight is 377 g/mol. The lowest BCUT2D eigenvalue weighted by molar-refractivity contribution is 0.0952. The minimum atomic E-state index is -0.454. The monoisotopic (exact) mass is 377 g/mol. The lowest BCUT2D eigenvalue weighted by Crippen LogP contribution is -2.33. The topological polar surface area (TPSA) is 114 Å². The third-order valence-electron chi connectivity index (χ3n) is 4.66. The minimum absolute atomic E-state index is 0.00425. The molecule has 28 heavy (non-hydrogen) atoms. The summed E-state index contributed by atoms with van der Waals surface area (Å²) in [6.07, 6.45) is 1.91. The molecule has 0 fully saturated rings. The van der Waals surface area contributed by atoms with Gasteiger partial charge in [0.15, 0.2) is 0 Å². The van der Waals surface area contributed by atoms with Crippen molar-refractivity contribution >= 4 is 16.8 Å². The highest BCUT2D eigenvalue weighted by Gasteiger charge is 2.19. The summed E-state index contributed by atoms with van der Waals surface area (Å²) in [5.74, 6) is 0.0844. The molecule has 2 aromatic heterocycles. The zero-order valence-corrected chi connectivity index (χ0v) is 16.4. The molecule has 0 aliphatic carbocycles. The summed E-state index contributed by atoms with van der Waals surface area (Å²) in [6, 6.07) is 7.64. The number of hydrogen-bond donors (Lipinski definition) is 3. The fraction of sp³-hybridized carbons (Fsp3) is 0.333. The third kappa shape index (κ3) is 3.81. The Morgan fingerprint density at radius 3 is 2.68 bits per heavy atom. The van der Waals surface area contributed by atoms with Crippen molar-refractivity contribution in [2.75, 3.05) is 6.54 Å². The number of rotatable bonds is 4. The molecule has 0 unspecified atom stereocenters. The van der Waals surface area contributed by atoms with Crippen molar-refractivity contribution in [2.24, 2.45) is 0 Å². The van der Waals surface area contributed by atoms with Crippen LogP contribution >= 0.6 is 0 Å². The fourth-order valence-corrected chi connectivity index (χ4v) is 3.11. The van der Waals surface area contributed by atoms with Gasteiger partial charge >= 0.3 is 0 Å². The molecule has 0 saturated heterocycles. The summed E-state index contributed by atoms with van der Waals surface area (Å²) < 4.78 is 0. The highest BCUT2D eigenvalue weighted by Crippen LogP contribution is 2.23. The lowest BCUT2D eigenvalue weighted by atomic mass is 9.96. The van der Waals surface area contributed by atoms with Crippen LogP contribution in [0.2, 0.25) is 0 Å². The van der Waals surface area contributed by atoms with E-state index in [-0.39, 0.29) is 11.0 Å². The molecule has 0 aliphatic rings. The summed E-state index contributed by atoms with van der Waals surface area (Å²) >= 11 is 0. The number of aryl methyl sites for hydroxylation is 1. The van der Waals surface area contributed by atoms with E-state index in [1.165, 1.54) is 6.20 Å². The van der Waals surface area contributed by atoms with E-state index in [1.54, 1.807) is 6.07 Å². The number of carbonyl (C=O) groups excluding carboxylic acids is 1. The van der Waals surface area contributed by atoms with E-state index in [0.717, 1.165) is 22.2 Å². The predicted octanol–water partition coefficient (Wildman–Crippen LogP) is 2.70. The van der Waals surface area contributed by atoms with Gasteiger partial charge in [-0.05, 0) is 37.1 Å². The second-order valence-corrected chi connectivity index (χ2v) is 7.83. The molecule has 1 aromatic carbocycles. The van der Waals surface area contributed by atoms with Crippen molar-refractivity contribution in [3.8, 4) is 6.07 Å². The summed E-state index contributed by atoms with van der Waals surface area (Å²) in [7, 11) is 0.